The highest BCUT2D eigenvalue weighted by Gasteiger charge is 2.17. The maximum Gasteiger partial charge on any atom is 0.222 e. The first-order valence-electron chi connectivity index (χ1n) is 9.68. The average Bonchev–Trinajstić information content (AvgIpc) is 3.27. The van der Waals surface area contributed by atoms with Gasteiger partial charge in [-0.2, -0.15) is 0 Å². The Morgan fingerprint density at radius 1 is 1.18 bits per heavy atom. The molecule has 4 rings (SSSR count). The van der Waals surface area contributed by atoms with Gasteiger partial charge in [0.1, 0.15) is 5.52 Å². The number of rotatable bonds is 6. The lowest BCUT2D eigenvalue weighted by atomic mass is 10.0. The van der Waals surface area contributed by atoms with Crippen LogP contribution in [0.5, 0.6) is 0 Å². The first-order chi connectivity index (χ1) is 13.5. The van der Waals surface area contributed by atoms with Crippen molar-refractivity contribution in [3.63, 3.8) is 0 Å². The van der Waals surface area contributed by atoms with Crippen LogP contribution >= 0.6 is 0 Å². The summed E-state index contributed by atoms with van der Waals surface area (Å²) in [5, 5.41) is 12.7. The number of para-hydroxylation sites is 2. The van der Waals surface area contributed by atoms with Gasteiger partial charge in [0.2, 0.25) is 5.91 Å². The van der Waals surface area contributed by atoms with Crippen LogP contribution < -0.4 is 5.32 Å². The molecule has 6 heteroatoms. The molecule has 0 spiro atoms. The zero-order chi connectivity index (χ0) is 19.7. The van der Waals surface area contributed by atoms with E-state index in [0.29, 0.717) is 6.42 Å². The van der Waals surface area contributed by atoms with Crippen LogP contribution in [0.15, 0.2) is 48.7 Å². The fourth-order valence-corrected chi connectivity index (χ4v) is 3.81. The van der Waals surface area contributed by atoms with Crippen molar-refractivity contribution in [2.24, 2.45) is 0 Å². The lowest BCUT2D eigenvalue weighted by Gasteiger charge is -2.16. The van der Waals surface area contributed by atoms with Gasteiger partial charge < -0.3 is 10.3 Å². The first kappa shape index (κ1) is 18.2. The van der Waals surface area contributed by atoms with Crippen LogP contribution in [0.2, 0.25) is 0 Å². The summed E-state index contributed by atoms with van der Waals surface area (Å²) in [7, 11) is 0. The number of aromatic nitrogens is 4. The molecule has 2 heterocycles. The molecule has 0 aliphatic carbocycles. The number of carbonyl (C=O) groups is 1. The number of H-pyrrole nitrogens is 1. The third kappa shape index (κ3) is 3.50. The fourth-order valence-electron chi connectivity index (χ4n) is 3.81. The fraction of sp³-hybridized carbons (Fsp3) is 0.318. The van der Waals surface area contributed by atoms with Crippen LogP contribution in [0.3, 0.4) is 0 Å². The van der Waals surface area contributed by atoms with Crippen molar-refractivity contribution in [3.8, 4) is 0 Å². The Morgan fingerprint density at radius 3 is 2.86 bits per heavy atom. The van der Waals surface area contributed by atoms with Gasteiger partial charge in [-0.25, -0.2) is 4.68 Å². The molecule has 2 aromatic carbocycles. The number of fused-ring (bicyclic) bond motifs is 2. The number of nitrogens with zero attached hydrogens (tertiary/aromatic N) is 3. The minimum atomic E-state index is -0.0599. The van der Waals surface area contributed by atoms with Crippen molar-refractivity contribution in [2.45, 2.75) is 45.7 Å². The lowest BCUT2D eigenvalue weighted by molar-refractivity contribution is -0.122. The molecular formula is C22H25N5O. The molecule has 2 N–H and O–H groups in total. The maximum atomic E-state index is 12.6. The second-order valence-electron chi connectivity index (χ2n) is 7.56. The van der Waals surface area contributed by atoms with Gasteiger partial charge in [0, 0.05) is 29.6 Å². The monoisotopic (exact) mass is 375 g/mol. The number of nitrogens with one attached hydrogen (secondary N) is 2. The van der Waals surface area contributed by atoms with Gasteiger partial charge in [0.25, 0.3) is 0 Å². The number of aryl methyl sites for hydroxylation is 1. The van der Waals surface area contributed by atoms with Gasteiger partial charge in [-0.05, 0) is 50.5 Å². The normalized spacial score (nSPS) is 13.7. The van der Waals surface area contributed by atoms with E-state index in [-0.39, 0.29) is 18.0 Å². The van der Waals surface area contributed by atoms with Crippen LogP contribution in [0.1, 0.15) is 37.4 Å². The Morgan fingerprint density at radius 2 is 2.00 bits per heavy atom. The maximum absolute atomic E-state index is 12.6. The summed E-state index contributed by atoms with van der Waals surface area (Å²) in [6, 6.07) is 14.1. The molecular weight excluding hydrogens is 350 g/mol. The van der Waals surface area contributed by atoms with E-state index < -0.39 is 0 Å². The van der Waals surface area contributed by atoms with Crippen LogP contribution in [0, 0.1) is 6.92 Å². The smallest absolute Gasteiger partial charge is 0.222 e. The number of aromatic amines is 1. The van der Waals surface area contributed by atoms with Gasteiger partial charge in [-0.1, -0.05) is 35.5 Å². The van der Waals surface area contributed by atoms with E-state index in [1.165, 1.54) is 22.0 Å². The van der Waals surface area contributed by atoms with Gasteiger partial charge in [-0.3, -0.25) is 4.79 Å². The standard InChI is InChI=1S/C22H25N5O/c1-14-7-6-8-18-17(13-23-22(14)18)11-15(2)24-21(28)12-16(3)27-20-10-5-4-9-19(20)25-26-27/h4-10,13,15-16,23H,11-12H2,1-3H3,(H,24,28)/t15-,16-/m0/s1. The molecule has 6 nitrogen and oxygen atoms in total. The zero-order valence-electron chi connectivity index (χ0n) is 16.4. The predicted molar refractivity (Wildman–Crippen MR) is 111 cm³/mol. The molecule has 0 saturated carbocycles. The quantitative estimate of drug-likeness (QED) is 0.536. The minimum Gasteiger partial charge on any atom is -0.361 e. The van der Waals surface area contributed by atoms with E-state index in [1.54, 1.807) is 0 Å². The Kier molecular flexibility index (Phi) is 4.86. The van der Waals surface area contributed by atoms with Crippen molar-refractivity contribution in [3.05, 3.63) is 59.8 Å². The van der Waals surface area contributed by atoms with Gasteiger partial charge in [0.05, 0.1) is 11.6 Å². The number of amides is 1. The summed E-state index contributed by atoms with van der Waals surface area (Å²) < 4.78 is 1.82. The molecule has 28 heavy (non-hydrogen) atoms. The summed E-state index contributed by atoms with van der Waals surface area (Å²) in [6.45, 7) is 6.14. The summed E-state index contributed by atoms with van der Waals surface area (Å²) in [5.74, 6) is 0.0237. The van der Waals surface area contributed by atoms with Crippen LogP contribution in [-0.2, 0) is 11.2 Å². The van der Waals surface area contributed by atoms with Crippen molar-refractivity contribution < 1.29 is 4.79 Å². The summed E-state index contributed by atoms with van der Waals surface area (Å²) in [4.78, 5) is 15.9. The highest BCUT2D eigenvalue weighted by atomic mass is 16.1. The number of hydrogen-bond donors (Lipinski definition) is 2. The molecule has 0 aliphatic heterocycles. The molecule has 0 radical (unpaired) electrons. The topological polar surface area (TPSA) is 75.6 Å². The highest BCUT2D eigenvalue weighted by Crippen LogP contribution is 2.22. The molecule has 0 fully saturated rings. The molecule has 0 bridgehead atoms. The van der Waals surface area contributed by atoms with Crippen LogP contribution in [0.4, 0.5) is 0 Å². The largest absolute Gasteiger partial charge is 0.361 e. The number of benzene rings is 2. The minimum absolute atomic E-state index is 0.0237. The molecule has 2 atom stereocenters. The molecule has 2 aromatic heterocycles. The van der Waals surface area contributed by atoms with E-state index in [4.69, 9.17) is 0 Å². The Balaban J connectivity index is 1.39. The van der Waals surface area contributed by atoms with Crippen molar-refractivity contribution >= 4 is 27.8 Å². The molecule has 0 unspecified atom stereocenters. The van der Waals surface area contributed by atoms with Crippen molar-refractivity contribution in [1.29, 1.82) is 0 Å². The average molecular weight is 375 g/mol. The molecule has 1 amide bonds. The van der Waals surface area contributed by atoms with E-state index in [0.717, 1.165) is 17.5 Å². The summed E-state index contributed by atoms with van der Waals surface area (Å²) >= 11 is 0. The predicted octanol–water partition coefficient (Wildman–Crippen LogP) is 3.92. The zero-order valence-corrected chi connectivity index (χ0v) is 16.4. The Bertz CT molecular complexity index is 1130. The molecule has 0 aliphatic rings. The number of carbonyl (C=O) groups excluding carboxylic acids is 1. The van der Waals surface area contributed by atoms with Gasteiger partial charge in [0.15, 0.2) is 0 Å². The van der Waals surface area contributed by atoms with E-state index >= 15 is 0 Å². The van der Waals surface area contributed by atoms with Crippen molar-refractivity contribution in [1.82, 2.24) is 25.3 Å². The summed E-state index contributed by atoms with van der Waals surface area (Å²) in [5.41, 5.74) is 5.42. The first-order valence-corrected chi connectivity index (χ1v) is 9.68. The van der Waals surface area contributed by atoms with Crippen LogP contribution in [-0.4, -0.2) is 31.9 Å². The number of hydrogen-bond acceptors (Lipinski definition) is 3. The third-order valence-corrected chi connectivity index (χ3v) is 5.22. The second-order valence-corrected chi connectivity index (χ2v) is 7.56. The lowest BCUT2D eigenvalue weighted by Crippen LogP contribution is -2.35. The van der Waals surface area contributed by atoms with E-state index in [2.05, 4.69) is 45.7 Å². The highest BCUT2D eigenvalue weighted by molar-refractivity contribution is 5.86. The van der Waals surface area contributed by atoms with E-state index in [9.17, 15) is 4.79 Å². The second kappa shape index (κ2) is 7.46. The summed E-state index contributed by atoms with van der Waals surface area (Å²) in [6.07, 6.45) is 3.20. The third-order valence-electron chi connectivity index (χ3n) is 5.22. The van der Waals surface area contributed by atoms with Crippen molar-refractivity contribution in [2.75, 3.05) is 0 Å². The molecule has 144 valence electrons. The molecule has 4 aromatic rings. The van der Waals surface area contributed by atoms with Gasteiger partial charge >= 0.3 is 0 Å². The Hall–Kier alpha value is -3.15. The van der Waals surface area contributed by atoms with E-state index in [1.807, 2.05) is 49.0 Å². The Labute approximate surface area is 163 Å². The SMILES string of the molecule is Cc1cccc2c(C[C@H](C)NC(=O)C[C@H](C)n3nnc4ccccc43)c[nH]c12. The molecule has 0 saturated heterocycles. The van der Waals surface area contributed by atoms with Gasteiger partial charge in [-0.15, -0.1) is 5.10 Å². The van der Waals surface area contributed by atoms with Crippen LogP contribution in [0.25, 0.3) is 21.9 Å².